The number of fused-ring (bicyclic) bond motifs is 1. The van der Waals surface area contributed by atoms with Crippen molar-refractivity contribution in [1.82, 2.24) is 14.5 Å². The van der Waals surface area contributed by atoms with Crippen LogP contribution in [0.5, 0.6) is 0 Å². The minimum absolute atomic E-state index is 0.222. The molecule has 0 fully saturated rings. The summed E-state index contributed by atoms with van der Waals surface area (Å²) in [5.74, 6) is -0.864. The smallest absolute Gasteiger partial charge is 0.160 e. The first-order valence-electron chi connectivity index (χ1n) is 5.99. The van der Waals surface area contributed by atoms with E-state index in [1.165, 1.54) is 12.1 Å². The van der Waals surface area contributed by atoms with Crippen LogP contribution in [0, 0.1) is 11.6 Å². The summed E-state index contributed by atoms with van der Waals surface area (Å²) in [7, 11) is 0. The van der Waals surface area contributed by atoms with E-state index in [1.54, 1.807) is 16.8 Å². The molecule has 0 N–H and O–H groups in total. The summed E-state index contributed by atoms with van der Waals surface area (Å²) in [4.78, 5) is 8.63. The van der Waals surface area contributed by atoms with Gasteiger partial charge in [-0.2, -0.15) is 0 Å². The van der Waals surface area contributed by atoms with Gasteiger partial charge >= 0.3 is 0 Å². The monoisotopic (exact) mass is 293 g/mol. The van der Waals surface area contributed by atoms with E-state index in [-0.39, 0.29) is 5.88 Å². The highest BCUT2D eigenvalue weighted by Crippen LogP contribution is 2.18. The van der Waals surface area contributed by atoms with Crippen LogP contribution in [0.3, 0.4) is 0 Å². The van der Waals surface area contributed by atoms with Crippen LogP contribution < -0.4 is 0 Å². The maximum absolute atomic E-state index is 13.3. The number of nitrogens with zero attached hydrogens (tertiary/aromatic N) is 3. The number of pyridine rings is 1. The van der Waals surface area contributed by atoms with E-state index in [0.717, 1.165) is 11.6 Å². The Morgan fingerprint density at radius 3 is 2.75 bits per heavy atom. The van der Waals surface area contributed by atoms with E-state index in [2.05, 4.69) is 9.97 Å². The fourth-order valence-electron chi connectivity index (χ4n) is 2.09. The predicted octanol–water partition coefficient (Wildman–Crippen LogP) is 3.50. The first kappa shape index (κ1) is 13.0. The normalized spacial score (nSPS) is 11.2. The zero-order chi connectivity index (χ0) is 14.1. The average molecular weight is 294 g/mol. The van der Waals surface area contributed by atoms with Gasteiger partial charge in [-0.1, -0.05) is 6.07 Å². The van der Waals surface area contributed by atoms with Crippen molar-refractivity contribution >= 4 is 22.8 Å². The molecule has 0 saturated heterocycles. The quantitative estimate of drug-likeness (QED) is 0.692. The van der Waals surface area contributed by atoms with Crippen LogP contribution in [0.4, 0.5) is 8.78 Å². The lowest BCUT2D eigenvalue weighted by molar-refractivity contribution is 0.506. The highest BCUT2D eigenvalue weighted by Gasteiger charge is 2.12. The van der Waals surface area contributed by atoms with Gasteiger partial charge in [-0.25, -0.2) is 18.7 Å². The van der Waals surface area contributed by atoms with Gasteiger partial charge in [0.15, 0.2) is 17.3 Å². The first-order chi connectivity index (χ1) is 9.69. The molecule has 0 bridgehead atoms. The molecule has 0 unspecified atom stereocenters. The molecule has 0 aliphatic carbocycles. The number of hydrogen-bond donors (Lipinski definition) is 0. The molecule has 0 radical (unpaired) electrons. The van der Waals surface area contributed by atoms with Crippen LogP contribution in [0.1, 0.15) is 11.4 Å². The zero-order valence-corrected chi connectivity index (χ0v) is 11.1. The molecule has 0 spiro atoms. The van der Waals surface area contributed by atoms with E-state index in [4.69, 9.17) is 11.6 Å². The number of halogens is 3. The SMILES string of the molecule is Fc1ccc(Cn2c(CCl)nc3cccnc32)cc1F. The summed E-state index contributed by atoms with van der Waals surface area (Å²) in [6.45, 7) is 0.340. The van der Waals surface area contributed by atoms with E-state index in [1.807, 2.05) is 6.07 Å². The topological polar surface area (TPSA) is 30.7 Å². The van der Waals surface area contributed by atoms with Gasteiger partial charge in [0.25, 0.3) is 0 Å². The van der Waals surface area contributed by atoms with Gasteiger partial charge in [-0.05, 0) is 29.8 Å². The minimum atomic E-state index is -0.868. The molecule has 0 amide bonds. The third-order valence-corrected chi connectivity index (χ3v) is 3.27. The van der Waals surface area contributed by atoms with Gasteiger partial charge in [0, 0.05) is 6.20 Å². The largest absolute Gasteiger partial charge is 0.307 e. The fourth-order valence-corrected chi connectivity index (χ4v) is 2.30. The predicted molar refractivity (Wildman–Crippen MR) is 72.5 cm³/mol. The lowest BCUT2D eigenvalue weighted by Crippen LogP contribution is -2.05. The van der Waals surface area contributed by atoms with Crippen LogP contribution in [-0.2, 0) is 12.4 Å². The van der Waals surface area contributed by atoms with Crippen LogP contribution in [-0.4, -0.2) is 14.5 Å². The molecule has 2 aromatic heterocycles. The highest BCUT2D eigenvalue weighted by atomic mass is 35.5. The number of benzene rings is 1. The third kappa shape index (κ3) is 2.25. The molecule has 0 atom stereocenters. The van der Waals surface area contributed by atoms with Crippen molar-refractivity contribution in [2.45, 2.75) is 12.4 Å². The number of aromatic nitrogens is 3. The van der Waals surface area contributed by atoms with E-state index >= 15 is 0 Å². The van der Waals surface area contributed by atoms with Crippen LogP contribution in [0.15, 0.2) is 36.5 Å². The Bertz CT molecular complexity index is 770. The molecule has 1 aromatic carbocycles. The van der Waals surface area contributed by atoms with Gasteiger partial charge in [-0.15, -0.1) is 11.6 Å². The van der Waals surface area contributed by atoms with Gasteiger partial charge in [0.1, 0.15) is 11.3 Å². The molecule has 3 rings (SSSR count). The summed E-state index contributed by atoms with van der Waals surface area (Å²) in [6.07, 6.45) is 1.66. The Labute approximate surface area is 118 Å². The molecular formula is C14H10ClF2N3. The second-order valence-corrected chi connectivity index (χ2v) is 4.61. The number of hydrogen-bond acceptors (Lipinski definition) is 2. The average Bonchev–Trinajstić information content (AvgIpc) is 2.81. The number of alkyl halides is 1. The second kappa shape index (κ2) is 5.17. The third-order valence-electron chi connectivity index (χ3n) is 3.03. The van der Waals surface area contributed by atoms with E-state index in [9.17, 15) is 8.78 Å². The van der Waals surface area contributed by atoms with Crippen molar-refractivity contribution in [3.05, 3.63) is 59.6 Å². The van der Waals surface area contributed by atoms with Crippen molar-refractivity contribution in [2.24, 2.45) is 0 Å². The minimum Gasteiger partial charge on any atom is -0.307 e. The molecule has 3 aromatic rings. The summed E-state index contributed by atoms with van der Waals surface area (Å²) in [5.41, 5.74) is 2.03. The van der Waals surface area contributed by atoms with E-state index < -0.39 is 11.6 Å². The maximum atomic E-state index is 13.3. The Morgan fingerprint density at radius 2 is 2.00 bits per heavy atom. The first-order valence-corrected chi connectivity index (χ1v) is 6.52. The van der Waals surface area contributed by atoms with Crippen LogP contribution >= 0.6 is 11.6 Å². The lowest BCUT2D eigenvalue weighted by atomic mass is 10.2. The summed E-state index contributed by atoms with van der Waals surface area (Å²) in [5, 5.41) is 0. The molecule has 102 valence electrons. The Kier molecular flexibility index (Phi) is 3.36. The molecule has 0 saturated carbocycles. The number of imidazole rings is 1. The summed E-state index contributed by atoms with van der Waals surface area (Å²) < 4.78 is 28.0. The van der Waals surface area contributed by atoms with Gasteiger partial charge in [0.2, 0.25) is 0 Å². The molecule has 0 aliphatic rings. The standard InChI is InChI=1S/C14H10ClF2N3/c15-7-13-19-12-2-1-5-18-14(12)20(13)8-9-3-4-10(16)11(17)6-9/h1-6H,7-8H2. The van der Waals surface area contributed by atoms with Gasteiger partial charge in [-0.3, -0.25) is 0 Å². The fraction of sp³-hybridized carbons (Fsp3) is 0.143. The van der Waals surface area contributed by atoms with Crippen LogP contribution in [0.25, 0.3) is 11.2 Å². The molecule has 0 aliphatic heterocycles. The lowest BCUT2D eigenvalue weighted by Gasteiger charge is -2.07. The van der Waals surface area contributed by atoms with Crippen LogP contribution in [0.2, 0.25) is 0 Å². The highest BCUT2D eigenvalue weighted by molar-refractivity contribution is 6.16. The van der Waals surface area contributed by atoms with Gasteiger partial charge < -0.3 is 4.57 Å². The van der Waals surface area contributed by atoms with Crippen molar-refractivity contribution < 1.29 is 8.78 Å². The molecular weight excluding hydrogens is 284 g/mol. The van der Waals surface area contributed by atoms with Crippen molar-refractivity contribution in [3.63, 3.8) is 0 Å². The summed E-state index contributed by atoms with van der Waals surface area (Å²) >= 11 is 5.88. The molecule has 6 heteroatoms. The zero-order valence-electron chi connectivity index (χ0n) is 10.4. The molecule has 2 heterocycles. The second-order valence-electron chi connectivity index (χ2n) is 4.34. The Morgan fingerprint density at radius 1 is 1.15 bits per heavy atom. The van der Waals surface area contributed by atoms with Crippen molar-refractivity contribution in [2.75, 3.05) is 0 Å². The Hall–Kier alpha value is -2.01. The van der Waals surface area contributed by atoms with Crippen molar-refractivity contribution in [3.8, 4) is 0 Å². The van der Waals surface area contributed by atoms with Gasteiger partial charge in [0.05, 0.1) is 12.4 Å². The van der Waals surface area contributed by atoms with Crippen molar-refractivity contribution in [1.29, 1.82) is 0 Å². The van der Waals surface area contributed by atoms with E-state index in [0.29, 0.717) is 23.6 Å². The maximum Gasteiger partial charge on any atom is 0.160 e. The summed E-state index contributed by atoms with van der Waals surface area (Å²) in [6, 6.07) is 7.43. The Balaban J connectivity index is 2.07. The molecule has 20 heavy (non-hydrogen) atoms. The number of rotatable bonds is 3. The molecule has 3 nitrogen and oxygen atoms in total.